The molecule has 1 saturated carbocycles. The van der Waals surface area contributed by atoms with Gasteiger partial charge in [0.05, 0.1) is 5.54 Å². The third-order valence-electron chi connectivity index (χ3n) is 3.67. The largest absolute Gasteiger partial charge is 0.456 e. The Morgan fingerprint density at radius 2 is 2.22 bits per heavy atom. The predicted molar refractivity (Wildman–Crippen MR) is 65.8 cm³/mol. The molecule has 1 fully saturated rings. The Balaban J connectivity index is 1.92. The molecule has 0 saturated heterocycles. The standard InChI is InChI=1S/C13H17N3O2/c1-3-9-8(2)7-10(17-9)11-15-12(16-18-11)13(14)5-4-6-13/h7H,3-6,14H2,1-2H3. The SMILES string of the molecule is CCc1oc(-c2nc(C3(N)CCC3)no2)cc1C. The Morgan fingerprint density at radius 3 is 2.78 bits per heavy atom. The van der Waals surface area contributed by atoms with Gasteiger partial charge in [-0.25, -0.2) is 0 Å². The van der Waals surface area contributed by atoms with E-state index in [1.807, 2.05) is 13.0 Å². The quantitative estimate of drug-likeness (QED) is 0.901. The number of rotatable bonds is 3. The first-order valence-electron chi connectivity index (χ1n) is 6.35. The number of nitrogens with zero attached hydrogens (tertiary/aromatic N) is 2. The van der Waals surface area contributed by atoms with E-state index in [-0.39, 0.29) is 0 Å². The molecule has 0 aliphatic heterocycles. The predicted octanol–water partition coefficient (Wildman–Crippen LogP) is 2.54. The molecular formula is C13H17N3O2. The Morgan fingerprint density at radius 1 is 1.44 bits per heavy atom. The van der Waals surface area contributed by atoms with E-state index in [2.05, 4.69) is 17.1 Å². The highest BCUT2D eigenvalue weighted by Crippen LogP contribution is 2.37. The topological polar surface area (TPSA) is 78.1 Å². The first-order chi connectivity index (χ1) is 8.62. The molecule has 0 radical (unpaired) electrons. The van der Waals surface area contributed by atoms with Crippen LogP contribution in [0.2, 0.25) is 0 Å². The van der Waals surface area contributed by atoms with E-state index in [0.29, 0.717) is 17.5 Å². The van der Waals surface area contributed by atoms with Gasteiger partial charge in [0.15, 0.2) is 11.6 Å². The van der Waals surface area contributed by atoms with E-state index >= 15 is 0 Å². The van der Waals surface area contributed by atoms with Crippen LogP contribution in [0.3, 0.4) is 0 Å². The van der Waals surface area contributed by atoms with Gasteiger partial charge < -0.3 is 14.7 Å². The van der Waals surface area contributed by atoms with Crippen LogP contribution in [-0.2, 0) is 12.0 Å². The zero-order chi connectivity index (χ0) is 12.8. The van der Waals surface area contributed by atoms with Crippen molar-refractivity contribution in [3.05, 3.63) is 23.2 Å². The highest BCUT2D eigenvalue weighted by Gasteiger charge is 2.39. The number of hydrogen-bond acceptors (Lipinski definition) is 5. The second kappa shape index (κ2) is 3.95. The Bertz CT molecular complexity index is 567. The minimum Gasteiger partial charge on any atom is -0.456 e. The third-order valence-corrected chi connectivity index (χ3v) is 3.67. The maximum Gasteiger partial charge on any atom is 0.293 e. The summed E-state index contributed by atoms with van der Waals surface area (Å²) in [6.45, 7) is 4.07. The number of furan rings is 1. The van der Waals surface area contributed by atoms with Gasteiger partial charge >= 0.3 is 0 Å². The normalized spacial score (nSPS) is 17.7. The summed E-state index contributed by atoms with van der Waals surface area (Å²) >= 11 is 0. The van der Waals surface area contributed by atoms with E-state index in [4.69, 9.17) is 14.7 Å². The van der Waals surface area contributed by atoms with Crippen LogP contribution in [0.25, 0.3) is 11.7 Å². The van der Waals surface area contributed by atoms with Crippen molar-refractivity contribution < 1.29 is 8.94 Å². The molecule has 2 heterocycles. The first kappa shape index (κ1) is 11.5. The summed E-state index contributed by atoms with van der Waals surface area (Å²) in [4.78, 5) is 4.37. The van der Waals surface area contributed by atoms with Crippen molar-refractivity contribution in [3.8, 4) is 11.7 Å². The Kier molecular flexibility index (Phi) is 2.52. The molecule has 0 bridgehead atoms. The average Bonchev–Trinajstić information content (AvgIpc) is 2.92. The monoisotopic (exact) mass is 247 g/mol. The van der Waals surface area contributed by atoms with E-state index in [1.54, 1.807) is 0 Å². The summed E-state index contributed by atoms with van der Waals surface area (Å²) < 4.78 is 10.9. The molecule has 96 valence electrons. The molecule has 0 spiro atoms. The first-order valence-corrected chi connectivity index (χ1v) is 6.35. The van der Waals surface area contributed by atoms with Gasteiger partial charge in [-0.2, -0.15) is 4.98 Å². The fraction of sp³-hybridized carbons (Fsp3) is 0.538. The Labute approximate surface area is 105 Å². The third kappa shape index (κ3) is 1.66. The van der Waals surface area contributed by atoms with Crippen molar-refractivity contribution >= 4 is 0 Å². The fourth-order valence-electron chi connectivity index (χ4n) is 2.28. The number of nitrogens with two attached hydrogens (primary N) is 1. The fourth-order valence-corrected chi connectivity index (χ4v) is 2.28. The van der Waals surface area contributed by atoms with Crippen LogP contribution in [0.15, 0.2) is 15.0 Å². The second-order valence-electron chi connectivity index (χ2n) is 5.00. The summed E-state index contributed by atoms with van der Waals surface area (Å²) in [6.07, 6.45) is 3.82. The van der Waals surface area contributed by atoms with Gasteiger partial charge in [0.25, 0.3) is 5.89 Å². The van der Waals surface area contributed by atoms with Crippen LogP contribution in [0.1, 0.15) is 43.3 Å². The number of aryl methyl sites for hydroxylation is 2. The van der Waals surface area contributed by atoms with Crippen LogP contribution in [0.5, 0.6) is 0 Å². The summed E-state index contributed by atoms with van der Waals surface area (Å²) in [7, 11) is 0. The lowest BCUT2D eigenvalue weighted by Crippen LogP contribution is -2.44. The average molecular weight is 247 g/mol. The van der Waals surface area contributed by atoms with E-state index < -0.39 is 5.54 Å². The summed E-state index contributed by atoms with van der Waals surface area (Å²) in [5.41, 5.74) is 6.88. The number of aromatic nitrogens is 2. The summed E-state index contributed by atoms with van der Waals surface area (Å²) in [5, 5.41) is 3.98. The van der Waals surface area contributed by atoms with Crippen LogP contribution < -0.4 is 5.73 Å². The minimum atomic E-state index is -0.392. The maximum atomic E-state index is 6.16. The van der Waals surface area contributed by atoms with Gasteiger partial charge in [-0.3, -0.25) is 0 Å². The van der Waals surface area contributed by atoms with Gasteiger partial charge in [0.1, 0.15) is 5.76 Å². The van der Waals surface area contributed by atoms with Crippen molar-refractivity contribution in [3.63, 3.8) is 0 Å². The molecule has 1 aliphatic carbocycles. The van der Waals surface area contributed by atoms with Gasteiger partial charge in [0, 0.05) is 6.42 Å². The highest BCUT2D eigenvalue weighted by atomic mass is 16.5. The molecule has 0 amide bonds. The molecule has 2 N–H and O–H groups in total. The van der Waals surface area contributed by atoms with E-state index in [0.717, 1.165) is 37.0 Å². The van der Waals surface area contributed by atoms with Crippen molar-refractivity contribution in [1.82, 2.24) is 10.1 Å². The van der Waals surface area contributed by atoms with Gasteiger partial charge in [0.2, 0.25) is 0 Å². The molecule has 1 aliphatic rings. The van der Waals surface area contributed by atoms with Gasteiger partial charge in [-0.05, 0) is 37.8 Å². The molecule has 5 nitrogen and oxygen atoms in total. The Hall–Kier alpha value is -1.62. The van der Waals surface area contributed by atoms with Crippen LogP contribution in [0.4, 0.5) is 0 Å². The molecule has 3 rings (SSSR count). The zero-order valence-electron chi connectivity index (χ0n) is 10.7. The van der Waals surface area contributed by atoms with Crippen molar-refractivity contribution in [2.45, 2.75) is 45.1 Å². The number of hydrogen-bond donors (Lipinski definition) is 1. The lowest BCUT2D eigenvalue weighted by atomic mass is 9.77. The summed E-state index contributed by atoms with van der Waals surface area (Å²) in [6, 6.07) is 1.93. The zero-order valence-corrected chi connectivity index (χ0v) is 10.7. The van der Waals surface area contributed by atoms with Crippen LogP contribution in [0, 0.1) is 6.92 Å². The van der Waals surface area contributed by atoms with E-state index in [9.17, 15) is 0 Å². The molecule has 0 unspecified atom stereocenters. The molecule has 0 atom stereocenters. The maximum absolute atomic E-state index is 6.16. The van der Waals surface area contributed by atoms with E-state index in [1.165, 1.54) is 0 Å². The molecule has 18 heavy (non-hydrogen) atoms. The molecule has 2 aromatic rings. The van der Waals surface area contributed by atoms with Crippen LogP contribution >= 0.6 is 0 Å². The second-order valence-corrected chi connectivity index (χ2v) is 5.00. The minimum absolute atomic E-state index is 0.392. The van der Waals surface area contributed by atoms with Crippen LogP contribution in [-0.4, -0.2) is 10.1 Å². The lowest BCUT2D eigenvalue weighted by molar-refractivity contribution is 0.229. The highest BCUT2D eigenvalue weighted by molar-refractivity contribution is 5.47. The smallest absolute Gasteiger partial charge is 0.293 e. The summed E-state index contributed by atoms with van der Waals surface area (Å²) in [5.74, 6) is 2.60. The molecular weight excluding hydrogens is 230 g/mol. The van der Waals surface area contributed by atoms with Crippen molar-refractivity contribution in [2.24, 2.45) is 5.73 Å². The van der Waals surface area contributed by atoms with Crippen molar-refractivity contribution in [2.75, 3.05) is 0 Å². The van der Waals surface area contributed by atoms with Gasteiger partial charge in [-0.15, -0.1) is 0 Å². The molecule has 0 aromatic carbocycles. The molecule has 5 heteroatoms. The lowest BCUT2D eigenvalue weighted by Gasteiger charge is -2.34. The van der Waals surface area contributed by atoms with Crippen molar-refractivity contribution in [1.29, 1.82) is 0 Å². The van der Waals surface area contributed by atoms with Gasteiger partial charge in [-0.1, -0.05) is 12.1 Å². The molecule has 2 aromatic heterocycles.